The number of rotatable bonds is 3. The highest BCUT2D eigenvalue weighted by atomic mass is 79.9. The fourth-order valence-electron chi connectivity index (χ4n) is 1.45. The molecule has 0 aliphatic carbocycles. The zero-order chi connectivity index (χ0) is 12.3. The van der Waals surface area contributed by atoms with Crippen molar-refractivity contribution in [2.75, 3.05) is 5.33 Å². The van der Waals surface area contributed by atoms with E-state index in [9.17, 15) is 9.90 Å². The van der Waals surface area contributed by atoms with Gasteiger partial charge in [0, 0.05) is 5.56 Å². The molecule has 1 aromatic carbocycles. The molecule has 0 saturated heterocycles. The second-order valence-electron chi connectivity index (χ2n) is 4.88. The van der Waals surface area contributed by atoms with Gasteiger partial charge in [0.25, 0.3) is 0 Å². The first kappa shape index (κ1) is 13.4. The molecule has 0 aliphatic rings. The van der Waals surface area contributed by atoms with Crippen LogP contribution in [0.3, 0.4) is 0 Å². The zero-order valence-corrected chi connectivity index (χ0v) is 11.5. The number of hydrogen-bond donors (Lipinski definition) is 1. The lowest BCUT2D eigenvalue weighted by atomic mass is 9.84. The molecule has 16 heavy (non-hydrogen) atoms. The summed E-state index contributed by atoms with van der Waals surface area (Å²) in [6.07, 6.45) is 0. The molecular weight excluding hydrogens is 268 g/mol. The van der Waals surface area contributed by atoms with Crippen LogP contribution in [-0.2, 0) is 12.0 Å². The SMILES string of the molecule is CC(C)(C)c1cc(CO)cc(C(=O)CBr)c1. The Morgan fingerprint density at radius 1 is 1.31 bits per heavy atom. The van der Waals surface area contributed by atoms with Gasteiger partial charge in [0.1, 0.15) is 0 Å². The van der Waals surface area contributed by atoms with Gasteiger partial charge in [-0.05, 0) is 28.7 Å². The Morgan fingerprint density at radius 2 is 1.94 bits per heavy atom. The lowest BCUT2D eigenvalue weighted by Crippen LogP contribution is -2.13. The summed E-state index contributed by atoms with van der Waals surface area (Å²) in [6.45, 7) is 6.23. The Balaban J connectivity index is 3.27. The molecule has 0 spiro atoms. The van der Waals surface area contributed by atoms with E-state index in [1.54, 1.807) is 6.07 Å². The third kappa shape index (κ3) is 3.16. The van der Waals surface area contributed by atoms with Gasteiger partial charge in [-0.2, -0.15) is 0 Å². The van der Waals surface area contributed by atoms with E-state index in [0.29, 0.717) is 10.9 Å². The predicted octanol–water partition coefficient (Wildman–Crippen LogP) is 3.05. The van der Waals surface area contributed by atoms with Crippen LogP contribution in [0, 0.1) is 0 Å². The molecule has 1 aromatic rings. The summed E-state index contributed by atoms with van der Waals surface area (Å²) in [4.78, 5) is 11.6. The maximum absolute atomic E-state index is 11.6. The van der Waals surface area contributed by atoms with Gasteiger partial charge in [-0.15, -0.1) is 0 Å². The van der Waals surface area contributed by atoms with Gasteiger partial charge >= 0.3 is 0 Å². The lowest BCUT2D eigenvalue weighted by Gasteiger charge is -2.20. The van der Waals surface area contributed by atoms with E-state index in [-0.39, 0.29) is 17.8 Å². The standard InChI is InChI=1S/C13H17BrO2/c1-13(2,3)11-5-9(8-15)4-10(6-11)12(16)7-14/h4-6,15H,7-8H2,1-3H3. The van der Waals surface area contributed by atoms with Crippen molar-refractivity contribution >= 4 is 21.7 Å². The lowest BCUT2D eigenvalue weighted by molar-refractivity contribution is 0.102. The van der Waals surface area contributed by atoms with Gasteiger partial charge in [-0.25, -0.2) is 0 Å². The fraction of sp³-hybridized carbons (Fsp3) is 0.462. The fourth-order valence-corrected chi connectivity index (χ4v) is 1.78. The number of alkyl halides is 1. The Kier molecular flexibility index (Phi) is 4.28. The van der Waals surface area contributed by atoms with E-state index in [1.165, 1.54) is 0 Å². The summed E-state index contributed by atoms with van der Waals surface area (Å²) in [5, 5.41) is 9.49. The molecule has 2 nitrogen and oxygen atoms in total. The van der Waals surface area contributed by atoms with Crippen LogP contribution in [0.1, 0.15) is 42.3 Å². The van der Waals surface area contributed by atoms with E-state index in [1.807, 2.05) is 12.1 Å². The monoisotopic (exact) mass is 284 g/mol. The largest absolute Gasteiger partial charge is 0.392 e. The Hall–Kier alpha value is -0.670. The van der Waals surface area contributed by atoms with Gasteiger partial charge in [-0.3, -0.25) is 4.79 Å². The van der Waals surface area contributed by atoms with E-state index in [2.05, 4.69) is 36.7 Å². The molecule has 0 bridgehead atoms. The third-order valence-electron chi connectivity index (χ3n) is 2.48. The molecule has 0 amide bonds. The molecule has 0 radical (unpaired) electrons. The van der Waals surface area contributed by atoms with E-state index < -0.39 is 0 Å². The average Bonchev–Trinajstić information content (AvgIpc) is 2.26. The molecule has 0 atom stereocenters. The Bertz CT molecular complexity index is 391. The maximum Gasteiger partial charge on any atom is 0.173 e. The van der Waals surface area contributed by atoms with Gasteiger partial charge in [0.2, 0.25) is 0 Å². The Labute approximate surface area is 105 Å². The molecule has 0 aromatic heterocycles. The van der Waals surface area contributed by atoms with Gasteiger partial charge in [-0.1, -0.05) is 42.8 Å². The Morgan fingerprint density at radius 3 is 2.38 bits per heavy atom. The first-order valence-corrected chi connectivity index (χ1v) is 6.35. The molecule has 0 aliphatic heterocycles. The first-order valence-electron chi connectivity index (χ1n) is 5.23. The van der Waals surface area contributed by atoms with Crippen LogP contribution in [0.4, 0.5) is 0 Å². The van der Waals surface area contributed by atoms with Gasteiger partial charge in [0.05, 0.1) is 11.9 Å². The summed E-state index contributed by atoms with van der Waals surface area (Å²) >= 11 is 3.16. The quantitative estimate of drug-likeness (QED) is 0.684. The van der Waals surface area contributed by atoms with Crippen molar-refractivity contribution in [1.29, 1.82) is 0 Å². The normalized spacial score (nSPS) is 11.6. The van der Waals surface area contributed by atoms with Crippen LogP contribution < -0.4 is 0 Å². The van der Waals surface area contributed by atoms with Crippen LogP contribution in [0.2, 0.25) is 0 Å². The zero-order valence-electron chi connectivity index (χ0n) is 9.88. The number of carbonyl (C=O) groups is 1. The number of carbonyl (C=O) groups excluding carboxylic acids is 1. The number of aliphatic hydroxyl groups is 1. The van der Waals surface area contributed by atoms with Crippen molar-refractivity contribution in [2.24, 2.45) is 0 Å². The van der Waals surface area contributed by atoms with Crippen LogP contribution >= 0.6 is 15.9 Å². The van der Waals surface area contributed by atoms with Crippen molar-refractivity contribution in [3.8, 4) is 0 Å². The van der Waals surface area contributed by atoms with Crippen LogP contribution in [0.5, 0.6) is 0 Å². The highest BCUT2D eigenvalue weighted by Gasteiger charge is 2.16. The van der Waals surface area contributed by atoms with Gasteiger partial charge < -0.3 is 5.11 Å². The second kappa shape index (κ2) is 5.11. The summed E-state index contributed by atoms with van der Waals surface area (Å²) in [7, 11) is 0. The smallest absolute Gasteiger partial charge is 0.173 e. The van der Waals surface area contributed by atoms with Crippen molar-refractivity contribution < 1.29 is 9.90 Å². The second-order valence-corrected chi connectivity index (χ2v) is 5.44. The minimum atomic E-state index is -0.0352. The first-order chi connectivity index (χ1) is 7.38. The summed E-state index contributed by atoms with van der Waals surface area (Å²) in [6, 6.07) is 5.60. The molecule has 0 heterocycles. The predicted molar refractivity (Wildman–Crippen MR) is 69.2 cm³/mol. The van der Waals surface area contributed by atoms with Crippen LogP contribution in [0.25, 0.3) is 0 Å². The van der Waals surface area contributed by atoms with Crippen LogP contribution in [-0.4, -0.2) is 16.2 Å². The minimum absolute atomic E-state index is 0.0213. The number of aliphatic hydroxyl groups excluding tert-OH is 1. The molecular formula is C13H17BrO2. The molecule has 3 heteroatoms. The number of hydrogen-bond acceptors (Lipinski definition) is 2. The molecule has 0 saturated carbocycles. The molecule has 0 unspecified atom stereocenters. The number of benzene rings is 1. The van der Waals surface area contributed by atoms with Gasteiger partial charge in [0.15, 0.2) is 5.78 Å². The van der Waals surface area contributed by atoms with E-state index >= 15 is 0 Å². The average molecular weight is 285 g/mol. The van der Waals surface area contributed by atoms with E-state index in [0.717, 1.165) is 11.1 Å². The summed E-state index contributed by atoms with van der Waals surface area (Å²) in [5.41, 5.74) is 2.50. The topological polar surface area (TPSA) is 37.3 Å². The molecule has 1 rings (SSSR count). The number of halogens is 1. The van der Waals surface area contributed by atoms with Crippen LogP contribution in [0.15, 0.2) is 18.2 Å². The summed E-state index contributed by atoms with van der Waals surface area (Å²) in [5.74, 6) is 0.0424. The molecule has 1 N–H and O–H groups in total. The summed E-state index contributed by atoms with van der Waals surface area (Å²) < 4.78 is 0. The highest BCUT2D eigenvalue weighted by Crippen LogP contribution is 2.25. The van der Waals surface area contributed by atoms with E-state index in [4.69, 9.17) is 0 Å². The molecule has 0 fully saturated rings. The van der Waals surface area contributed by atoms with Crippen molar-refractivity contribution in [3.05, 3.63) is 34.9 Å². The third-order valence-corrected chi connectivity index (χ3v) is 2.99. The molecule has 88 valence electrons. The number of Topliss-reactive ketones (excluding diaryl/α,β-unsaturated/α-hetero) is 1. The van der Waals surface area contributed by atoms with Crippen molar-refractivity contribution in [2.45, 2.75) is 32.8 Å². The highest BCUT2D eigenvalue weighted by molar-refractivity contribution is 9.09. The van der Waals surface area contributed by atoms with Crippen molar-refractivity contribution in [3.63, 3.8) is 0 Å². The minimum Gasteiger partial charge on any atom is -0.392 e. The van der Waals surface area contributed by atoms with Crippen molar-refractivity contribution in [1.82, 2.24) is 0 Å². The maximum atomic E-state index is 11.6. The number of ketones is 1.